The normalized spacial score (nSPS) is 17.3. The second-order valence-electron chi connectivity index (χ2n) is 4.70. The quantitative estimate of drug-likeness (QED) is 0.865. The number of carbonyl (C=O) groups is 1. The van der Waals surface area contributed by atoms with E-state index in [9.17, 15) is 14.3 Å². The maximum atomic E-state index is 13.2. The Hall–Kier alpha value is -1.84. The number of nitrogens with zero attached hydrogens (tertiary/aromatic N) is 1. The molecule has 3 rings (SSSR count). The summed E-state index contributed by atoms with van der Waals surface area (Å²) >= 11 is 0. The molecule has 0 unspecified atom stereocenters. The van der Waals surface area contributed by atoms with Crippen molar-refractivity contribution in [2.24, 2.45) is 7.05 Å². The van der Waals surface area contributed by atoms with E-state index in [-0.39, 0.29) is 5.82 Å². The molecule has 1 aliphatic carbocycles. The van der Waals surface area contributed by atoms with Crippen molar-refractivity contribution in [1.29, 1.82) is 0 Å². The number of carboxylic acids is 1. The third kappa shape index (κ3) is 1.30. The molecule has 0 saturated heterocycles. The molecule has 4 heteroatoms. The van der Waals surface area contributed by atoms with Gasteiger partial charge in [0.1, 0.15) is 5.82 Å². The van der Waals surface area contributed by atoms with E-state index in [2.05, 4.69) is 0 Å². The molecule has 1 aromatic heterocycles. The molecule has 0 aliphatic heterocycles. The van der Waals surface area contributed by atoms with Gasteiger partial charge >= 0.3 is 5.97 Å². The Morgan fingerprint density at radius 3 is 2.76 bits per heavy atom. The Morgan fingerprint density at radius 1 is 1.47 bits per heavy atom. The smallest absolute Gasteiger partial charge is 0.314 e. The zero-order valence-corrected chi connectivity index (χ0v) is 9.40. The largest absolute Gasteiger partial charge is 0.481 e. The summed E-state index contributed by atoms with van der Waals surface area (Å²) in [7, 11) is 1.81. The lowest BCUT2D eigenvalue weighted by Crippen LogP contribution is -2.19. The summed E-state index contributed by atoms with van der Waals surface area (Å²) in [5.74, 6) is -1.08. The van der Waals surface area contributed by atoms with Crippen LogP contribution in [0, 0.1) is 5.82 Å². The van der Waals surface area contributed by atoms with Crippen molar-refractivity contribution in [3.8, 4) is 0 Å². The highest BCUT2D eigenvalue weighted by Crippen LogP contribution is 2.51. The van der Waals surface area contributed by atoms with Gasteiger partial charge in [-0.2, -0.15) is 0 Å². The Kier molecular flexibility index (Phi) is 1.88. The molecule has 1 N–H and O–H groups in total. The Bertz CT molecular complexity index is 626. The molecule has 1 aliphatic rings. The van der Waals surface area contributed by atoms with Crippen LogP contribution in [0.2, 0.25) is 0 Å². The van der Waals surface area contributed by atoms with Gasteiger partial charge in [-0.05, 0) is 36.6 Å². The van der Waals surface area contributed by atoms with E-state index in [4.69, 9.17) is 0 Å². The minimum Gasteiger partial charge on any atom is -0.481 e. The Morgan fingerprint density at radius 2 is 2.18 bits per heavy atom. The van der Waals surface area contributed by atoms with Gasteiger partial charge in [-0.1, -0.05) is 0 Å². The average Bonchev–Trinajstić information content (AvgIpc) is 3.02. The van der Waals surface area contributed by atoms with Gasteiger partial charge in [0.25, 0.3) is 0 Å². The summed E-state index contributed by atoms with van der Waals surface area (Å²) in [5, 5.41) is 10.1. The maximum Gasteiger partial charge on any atom is 0.314 e. The number of hydrogen-bond donors (Lipinski definition) is 1. The number of rotatable bonds is 2. The van der Waals surface area contributed by atoms with Gasteiger partial charge in [0.15, 0.2) is 0 Å². The number of halogens is 1. The zero-order chi connectivity index (χ0) is 12.2. The van der Waals surface area contributed by atoms with Crippen LogP contribution in [0.15, 0.2) is 24.4 Å². The van der Waals surface area contributed by atoms with Gasteiger partial charge in [0, 0.05) is 18.6 Å². The first kappa shape index (κ1) is 10.3. The van der Waals surface area contributed by atoms with Gasteiger partial charge in [0.05, 0.1) is 10.9 Å². The average molecular weight is 233 g/mol. The highest BCUT2D eigenvalue weighted by Gasteiger charge is 2.53. The van der Waals surface area contributed by atoms with E-state index >= 15 is 0 Å². The molecule has 0 spiro atoms. The molecule has 2 aromatic rings. The van der Waals surface area contributed by atoms with Gasteiger partial charge in [-0.15, -0.1) is 0 Å². The SMILES string of the molecule is Cn1cc(C2(C(=O)O)CC2)c2ccc(F)cc21. The van der Waals surface area contributed by atoms with E-state index in [0.717, 1.165) is 16.5 Å². The van der Waals surface area contributed by atoms with Crippen LogP contribution in [0.25, 0.3) is 10.9 Å². The highest BCUT2D eigenvalue weighted by atomic mass is 19.1. The number of benzene rings is 1. The summed E-state index contributed by atoms with van der Waals surface area (Å²) in [6.45, 7) is 0. The monoisotopic (exact) mass is 233 g/mol. The summed E-state index contributed by atoms with van der Waals surface area (Å²) < 4.78 is 15.0. The van der Waals surface area contributed by atoms with Crippen molar-refractivity contribution in [1.82, 2.24) is 4.57 Å². The summed E-state index contributed by atoms with van der Waals surface area (Å²) in [6, 6.07) is 4.49. The minimum absolute atomic E-state index is 0.301. The number of aromatic nitrogens is 1. The summed E-state index contributed by atoms with van der Waals surface area (Å²) in [6.07, 6.45) is 3.14. The lowest BCUT2D eigenvalue weighted by atomic mass is 9.96. The molecule has 0 radical (unpaired) electrons. The molecule has 1 fully saturated rings. The predicted octanol–water partition coefficient (Wildman–Crippen LogP) is 2.43. The molecule has 3 nitrogen and oxygen atoms in total. The first-order chi connectivity index (χ1) is 8.04. The molecule has 0 atom stereocenters. The third-order valence-electron chi connectivity index (χ3n) is 3.63. The number of fused-ring (bicyclic) bond motifs is 1. The molecule has 0 bridgehead atoms. The van der Waals surface area contributed by atoms with Crippen molar-refractivity contribution in [2.75, 3.05) is 0 Å². The maximum absolute atomic E-state index is 13.2. The molecular formula is C13H12FNO2. The predicted molar refractivity (Wildman–Crippen MR) is 61.4 cm³/mol. The second kappa shape index (κ2) is 3.09. The van der Waals surface area contributed by atoms with Crippen molar-refractivity contribution in [3.05, 3.63) is 35.8 Å². The van der Waals surface area contributed by atoms with E-state index < -0.39 is 11.4 Å². The number of aryl methyl sites for hydroxylation is 1. The van der Waals surface area contributed by atoms with Crippen LogP contribution in [0.3, 0.4) is 0 Å². The topological polar surface area (TPSA) is 42.2 Å². The molecule has 17 heavy (non-hydrogen) atoms. The van der Waals surface area contributed by atoms with E-state index in [1.807, 2.05) is 13.2 Å². The number of aliphatic carboxylic acids is 1. The van der Waals surface area contributed by atoms with Gasteiger partial charge in [-0.25, -0.2) is 4.39 Å². The molecule has 1 heterocycles. The molecule has 0 amide bonds. The first-order valence-electron chi connectivity index (χ1n) is 5.53. The lowest BCUT2D eigenvalue weighted by Gasteiger charge is -2.07. The van der Waals surface area contributed by atoms with Crippen LogP contribution in [0.5, 0.6) is 0 Å². The van der Waals surface area contributed by atoms with E-state index in [0.29, 0.717) is 12.8 Å². The highest BCUT2D eigenvalue weighted by molar-refractivity contribution is 5.94. The Balaban J connectivity index is 2.29. The van der Waals surface area contributed by atoms with Crippen LogP contribution in [-0.4, -0.2) is 15.6 Å². The van der Waals surface area contributed by atoms with Crippen LogP contribution in [0.1, 0.15) is 18.4 Å². The van der Waals surface area contributed by atoms with E-state index in [1.54, 1.807) is 10.6 Å². The standard InChI is InChI=1S/C13H12FNO2/c1-15-7-10(13(4-5-13)12(16)17)9-3-2-8(14)6-11(9)15/h2-3,6-7H,4-5H2,1H3,(H,16,17). The third-order valence-corrected chi connectivity index (χ3v) is 3.63. The fraction of sp³-hybridized carbons (Fsp3) is 0.308. The van der Waals surface area contributed by atoms with Gasteiger partial charge in [-0.3, -0.25) is 4.79 Å². The van der Waals surface area contributed by atoms with Crippen LogP contribution in [-0.2, 0) is 17.3 Å². The van der Waals surface area contributed by atoms with Gasteiger partial charge < -0.3 is 9.67 Å². The van der Waals surface area contributed by atoms with Crippen molar-refractivity contribution < 1.29 is 14.3 Å². The summed E-state index contributed by atoms with van der Waals surface area (Å²) in [4.78, 5) is 11.3. The van der Waals surface area contributed by atoms with E-state index in [1.165, 1.54) is 12.1 Å². The zero-order valence-electron chi connectivity index (χ0n) is 9.40. The lowest BCUT2D eigenvalue weighted by molar-refractivity contribution is -0.140. The minimum atomic E-state index is -0.783. The molecule has 1 aromatic carbocycles. The first-order valence-corrected chi connectivity index (χ1v) is 5.53. The van der Waals surface area contributed by atoms with Crippen LogP contribution in [0.4, 0.5) is 4.39 Å². The summed E-state index contributed by atoms with van der Waals surface area (Å²) in [5.41, 5.74) is 0.812. The Labute approximate surface area is 97.5 Å². The van der Waals surface area contributed by atoms with Crippen molar-refractivity contribution in [3.63, 3.8) is 0 Å². The van der Waals surface area contributed by atoms with Gasteiger partial charge in [0.2, 0.25) is 0 Å². The second-order valence-corrected chi connectivity index (χ2v) is 4.70. The van der Waals surface area contributed by atoms with Crippen molar-refractivity contribution >= 4 is 16.9 Å². The molecular weight excluding hydrogens is 221 g/mol. The van der Waals surface area contributed by atoms with Crippen LogP contribution < -0.4 is 0 Å². The number of carboxylic acid groups (broad SMARTS) is 1. The van der Waals surface area contributed by atoms with Crippen LogP contribution >= 0.6 is 0 Å². The fourth-order valence-corrected chi connectivity index (χ4v) is 2.46. The number of hydrogen-bond acceptors (Lipinski definition) is 1. The molecule has 1 saturated carbocycles. The molecule has 88 valence electrons. The van der Waals surface area contributed by atoms with Crippen molar-refractivity contribution in [2.45, 2.75) is 18.3 Å². The fourth-order valence-electron chi connectivity index (χ4n) is 2.46.